The van der Waals surface area contributed by atoms with Crippen molar-refractivity contribution in [2.45, 2.75) is 96.6 Å². The Bertz CT molecular complexity index is 962. The van der Waals surface area contributed by atoms with Gasteiger partial charge in [-0.25, -0.2) is 9.36 Å². The van der Waals surface area contributed by atoms with Crippen molar-refractivity contribution < 1.29 is 47.8 Å². The number of hydrogen-bond donors (Lipinski definition) is 5. The van der Waals surface area contributed by atoms with E-state index in [2.05, 4.69) is 21.3 Å². The van der Waals surface area contributed by atoms with E-state index in [1.807, 2.05) is 29.6 Å². The molecular weight excluding hydrogens is 555 g/mol. The van der Waals surface area contributed by atoms with E-state index in [4.69, 9.17) is 9.84 Å². The molecule has 5 N–H and O–H groups in total. The van der Waals surface area contributed by atoms with Crippen molar-refractivity contribution in [1.82, 2.24) is 10.6 Å². The summed E-state index contributed by atoms with van der Waals surface area (Å²) in [7, 11) is -4.71. The van der Waals surface area contributed by atoms with Crippen molar-refractivity contribution >= 4 is 25.6 Å². The predicted molar refractivity (Wildman–Crippen MR) is 153 cm³/mol. The van der Waals surface area contributed by atoms with Gasteiger partial charge < -0.3 is 30.5 Å². The number of rotatable bonds is 24. The van der Waals surface area contributed by atoms with Crippen molar-refractivity contribution in [3.8, 4) is 5.75 Å². The Hall–Kier alpha value is -2.50. The second kappa shape index (κ2) is 21.2. The van der Waals surface area contributed by atoms with Crippen LogP contribution in [0.1, 0.15) is 83.6 Å². The van der Waals surface area contributed by atoms with Crippen molar-refractivity contribution in [2.24, 2.45) is 0 Å². The molecule has 0 saturated carbocycles. The van der Waals surface area contributed by atoms with Crippen molar-refractivity contribution in [3.05, 3.63) is 29.8 Å². The van der Waals surface area contributed by atoms with Crippen LogP contribution in [0.25, 0.3) is 0 Å². The van der Waals surface area contributed by atoms with Crippen LogP contribution >= 0.6 is 7.82 Å². The molecule has 0 aromatic heterocycles. The fourth-order valence-electron chi connectivity index (χ4n) is 3.84. The second-order valence-electron chi connectivity index (χ2n) is 9.93. The lowest BCUT2D eigenvalue weighted by Gasteiger charge is -2.18. The van der Waals surface area contributed by atoms with E-state index in [0.717, 1.165) is 31.1 Å². The number of carboxylic acids is 1. The molecule has 0 fully saturated rings. The fourth-order valence-corrected chi connectivity index (χ4v) is 4.61. The number of unbranched alkanes of at least 4 members (excludes halogenated alkanes) is 8. The Morgan fingerprint density at radius 3 is 2.24 bits per heavy atom. The average molecular weight is 603 g/mol. The molecule has 0 spiro atoms. The van der Waals surface area contributed by atoms with Gasteiger partial charge >= 0.3 is 13.8 Å². The van der Waals surface area contributed by atoms with Crippen LogP contribution in [-0.2, 0) is 34.4 Å². The van der Waals surface area contributed by atoms with Crippen LogP contribution in [0.15, 0.2) is 24.3 Å². The van der Waals surface area contributed by atoms with E-state index in [1.165, 1.54) is 44.9 Å². The lowest BCUT2D eigenvalue weighted by molar-refractivity contribution is -0.142. The number of ether oxygens (including phenoxy) is 1. The van der Waals surface area contributed by atoms with E-state index < -0.39 is 45.1 Å². The van der Waals surface area contributed by atoms with Crippen molar-refractivity contribution in [3.63, 3.8) is 0 Å². The number of nitrogens with one attached hydrogen (secondary N) is 2. The number of aliphatic hydroxyl groups is 1. The highest BCUT2D eigenvalue weighted by Gasteiger charge is 2.28. The monoisotopic (exact) mass is 602 g/mol. The third kappa shape index (κ3) is 19.3. The summed E-state index contributed by atoms with van der Waals surface area (Å²) in [5.41, 5.74) is 0.936. The van der Waals surface area contributed by atoms with Gasteiger partial charge in [-0.1, -0.05) is 70.4 Å². The fraction of sp³-hybridized carbons (Fsp3) is 0.679. The number of benzene rings is 1. The largest absolute Gasteiger partial charge is 0.494 e. The van der Waals surface area contributed by atoms with Crippen molar-refractivity contribution in [2.75, 3.05) is 26.4 Å². The van der Waals surface area contributed by atoms with Gasteiger partial charge in [0.05, 0.1) is 25.9 Å². The molecule has 1 unspecified atom stereocenters. The van der Waals surface area contributed by atoms with Crippen LogP contribution in [0, 0.1) is 0 Å². The zero-order valence-electron chi connectivity index (χ0n) is 24.2. The van der Waals surface area contributed by atoms with Gasteiger partial charge in [-0.05, 0) is 30.5 Å². The lowest BCUT2D eigenvalue weighted by atomic mass is 10.1. The summed E-state index contributed by atoms with van der Waals surface area (Å²) in [5, 5.41) is 23.5. The highest BCUT2D eigenvalue weighted by Crippen LogP contribution is 2.43. The first-order chi connectivity index (χ1) is 19.5. The summed E-state index contributed by atoms with van der Waals surface area (Å²) in [4.78, 5) is 43.9. The lowest BCUT2D eigenvalue weighted by Crippen LogP contribution is -2.42. The zero-order valence-corrected chi connectivity index (χ0v) is 25.1. The highest BCUT2D eigenvalue weighted by molar-refractivity contribution is 7.47. The normalized spacial score (nSPS) is 14.0. The van der Waals surface area contributed by atoms with Crippen LogP contribution < -0.4 is 15.4 Å². The molecule has 12 nitrogen and oxygen atoms in total. The van der Waals surface area contributed by atoms with Crippen LogP contribution in [0.2, 0.25) is 0 Å². The van der Waals surface area contributed by atoms with Gasteiger partial charge in [0.25, 0.3) is 0 Å². The van der Waals surface area contributed by atoms with Crippen LogP contribution in [-0.4, -0.2) is 71.4 Å². The molecule has 0 radical (unpaired) electrons. The van der Waals surface area contributed by atoms with Crippen LogP contribution in [0.3, 0.4) is 0 Å². The Balaban J connectivity index is 2.24. The molecule has 0 aliphatic carbocycles. The standard InChI is InChI=1S/C28H47N2O10P/c1-3-4-5-6-7-8-9-10-11-17-38-25-14-12-13-23(18-25)15-16-27(33)29-19-24(32)20-39-41(36,37)40-21-26(28(34)35)30-22(2)31/h12-14,18,24,26,32H,3-11,15-17,19-21H2,1-2H3,(H,29,33)(H,30,31)(H,34,35)(H,36,37)/t24-,26+/m1/s1. The molecule has 0 saturated heterocycles. The Labute approximate surface area is 242 Å². The van der Waals surface area contributed by atoms with Gasteiger partial charge in [-0.3, -0.25) is 18.6 Å². The molecule has 1 aromatic carbocycles. The molecule has 0 aliphatic rings. The molecule has 13 heteroatoms. The van der Waals surface area contributed by atoms with E-state index >= 15 is 0 Å². The number of hydrogen-bond acceptors (Lipinski definition) is 8. The topological polar surface area (TPSA) is 181 Å². The molecule has 1 aromatic rings. The summed E-state index contributed by atoms with van der Waals surface area (Å²) in [6.45, 7) is 2.26. The van der Waals surface area contributed by atoms with Gasteiger partial charge in [0.2, 0.25) is 11.8 Å². The maximum atomic E-state index is 12.2. The smallest absolute Gasteiger partial charge is 0.472 e. The molecule has 234 valence electrons. The first kappa shape index (κ1) is 36.5. The quantitative estimate of drug-likeness (QED) is 0.0864. The third-order valence-corrected chi connectivity index (χ3v) is 7.05. The van der Waals surface area contributed by atoms with Gasteiger partial charge in [-0.2, -0.15) is 0 Å². The maximum Gasteiger partial charge on any atom is 0.472 e. The Morgan fingerprint density at radius 1 is 0.976 bits per heavy atom. The van der Waals surface area contributed by atoms with Crippen molar-refractivity contribution in [1.29, 1.82) is 0 Å². The predicted octanol–water partition coefficient (Wildman–Crippen LogP) is 3.73. The van der Waals surface area contributed by atoms with Gasteiger partial charge in [0, 0.05) is 19.9 Å². The third-order valence-electron chi connectivity index (χ3n) is 6.10. The first-order valence-electron chi connectivity index (χ1n) is 14.3. The summed E-state index contributed by atoms with van der Waals surface area (Å²) in [6, 6.07) is 6.03. The van der Waals surface area contributed by atoms with Gasteiger partial charge in [0.1, 0.15) is 5.75 Å². The number of carbonyl (C=O) groups is 3. The maximum absolute atomic E-state index is 12.2. The van der Waals surface area contributed by atoms with E-state index in [0.29, 0.717) is 13.0 Å². The average Bonchev–Trinajstić information content (AvgIpc) is 2.93. The van der Waals surface area contributed by atoms with Crippen LogP contribution in [0.5, 0.6) is 5.75 Å². The second-order valence-corrected chi connectivity index (χ2v) is 11.4. The minimum atomic E-state index is -4.71. The van der Waals surface area contributed by atoms with Crippen LogP contribution in [0.4, 0.5) is 0 Å². The summed E-state index contributed by atoms with van der Waals surface area (Å²) in [5.74, 6) is -1.69. The minimum absolute atomic E-state index is 0.163. The molecule has 0 bridgehead atoms. The minimum Gasteiger partial charge on any atom is -0.494 e. The zero-order chi connectivity index (χ0) is 30.5. The molecule has 0 heterocycles. The number of phosphoric acid groups is 1. The number of phosphoric ester groups is 1. The Kier molecular flexibility index (Phi) is 18.9. The first-order valence-corrected chi connectivity index (χ1v) is 15.8. The van der Waals surface area contributed by atoms with Gasteiger partial charge in [0.15, 0.2) is 6.04 Å². The number of aryl methyl sites for hydroxylation is 1. The Morgan fingerprint density at radius 2 is 1.61 bits per heavy atom. The van der Waals surface area contributed by atoms with Gasteiger partial charge in [-0.15, -0.1) is 0 Å². The molecular formula is C28H47N2O10P. The molecule has 2 amide bonds. The number of aliphatic hydroxyl groups excluding tert-OH is 1. The summed E-state index contributed by atoms with van der Waals surface area (Å²) in [6.07, 6.45) is 10.5. The highest BCUT2D eigenvalue weighted by atomic mass is 31.2. The van der Waals surface area contributed by atoms with E-state index in [9.17, 15) is 28.9 Å². The molecule has 1 rings (SSSR count). The van der Waals surface area contributed by atoms with E-state index in [-0.39, 0.29) is 18.9 Å². The number of carbonyl (C=O) groups excluding carboxylic acids is 2. The number of carboxylic acid groups (broad SMARTS) is 1. The molecule has 41 heavy (non-hydrogen) atoms. The molecule has 3 atom stereocenters. The summed E-state index contributed by atoms with van der Waals surface area (Å²) >= 11 is 0. The van der Waals surface area contributed by atoms with E-state index in [1.54, 1.807) is 0 Å². The number of aliphatic carboxylic acids is 1. The number of amides is 2. The SMILES string of the molecule is CCCCCCCCCCCOc1cccc(CCC(=O)NC[C@@H](O)COP(=O)(O)OC[C@H](NC(C)=O)C(=O)O)c1. The summed E-state index contributed by atoms with van der Waals surface area (Å²) < 4.78 is 27.0. The molecule has 0 aliphatic heterocycles.